The van der Waals surface area contributed by atoms with E-state index < -0.39 is 9.84 Å². The summed E-state index contributed by atoms with van der Waals surface area (Å²) in [5, 5.41) is 3.73. The lowest BCUT2D eigenvalue weighted by atomic mass is 10.1. The van der Waals surface area contributed by atoms with E-state index in [1.54, 1.807) is 23.5 Å². The van der Waals surface area contributed by atoms with E-state index in [1.807, 2.05) is 48.5 Å². The largest absolute Gasteiger partial charge is 0.497 e. The van der Waals surface area contributed by atoms with Gasteiger partial charge in [-0.3, -0.25) is 4.79 Å². The van der Waals surface area contributed by atoms with Gasteiger partial charge in [0.25, 0.3) is 0 Å². The van der Waals surface area contributed by atoms with Crippen molar-refractivity contribution in [2.24, 2.45) is 0 Å². The summed E-state index contributed by atoms with van der Waals surface area (Å²) in [5.41, 5.74) is 2.42. The first kappa shape index (κ1) is 22.0. The Morgan fingerprint density at radius 2 is 1.72 bits per heavy atom. The van der Waals surface area contributed by atoms with Crippen molar-refractivity contribution in [2.75, 3.05) is 18.2 Å². The van der Waals surface area contributed by atoms with Crippen molar-refractivity contribution >= 4 is 43.0 Å². The third-order valence-corrected chi connectivity index (χ3v) is 7.85. The van der Waals surface area contributed by atoms with Gasteiger partial charge in [0, 0.05) is 12.0 Å². The Labute approximate surface area is 190 Å². The molecule has 0 fully saturated rings. The number of aromatic nitrogens is 1. The maximum absolute atomic E-state index is 12.5. The molecule has 4 rings (SSSR count). The summed E-state index contributed by atoms with van der Waals surface area (Å²) in [7, 11) is -1.94. The molecular formula is C24H22N2O4S2. The molecule has 0 radical (unpaired) electrons. The van der Waals surface area contributed by atoms with E-state index in [1.165, 1.54) is 19.2 Å². The minimum absolute atomic E-state index is 0.101. The highest BCUT2D eigenvalue weighted by molar-refractivity contribution is 7.91. The van der Waals surface area contributed by atoms with Gasteiger partial charge >= 0.3 is 0 Å². The van der Waals surface area contributed by atoms with Gasteiger partial charge in [-0.1, -0.05) is 24.3 Å². The average molecular weight is 467 g/mol. The second-order valence-electron chi connectivity index (χ2n) is 7.18. The fourth-order valence-electron chi connectivity index (χ4n) is 3.30. The van der Waals surface area contributed by atoms with Gasteiger partial charge in [0.1, 0.15) is 10.8 Å². The molecule has 0 bridgehead atoms. The van der Waals surface area contributed by atoms with Gasteiger partial charge in [-0.25, -0.2) is 13.4 Å². The normalized spacial score (nSPS) is 11.4. The molecule has 0 spiro atoms. The molecule has 0 atom stereocenters. The molecule has 1 aromatic heterocycles. The highest BCUT2D eigenvalue weighted by Crippen LogP contribution is 2.34. The van der Waals surface area contributed by atoms with Crippen LogP contribution in [0.25, 0.3) is 20.8 Å². The van der Waals surface area contributed by atoms with Crippen LogP contribution in [0, 0.1) is 0 Å². The van der Waals surface area contributed by atoms with E-state index in [0.29, 0.717) is 11.4 Å². The summed E-state index contributed by atoms with van der Waals surface area (Å²) >= 11 is 1.56. The Morgan fingerprint density at radius 3 is 2.47 bits per heavy atom. The summed E-state index contributed by atoms with van der Waals surface area (Å²) in [4.78, 5) is 17.4. The van der Waals surface area contributed by atoms with Crippen molar-refractivity contribution in [3.63, 3.8) is 0 Å². The van der Waals surface area contributed by atoms with Crippen LogP contribution < -0.4 is 10.1 Å². The third-order valence-electron chi connectivity index (χ3n) is 4.96. The molecule has 0 saturated carbocycles. The summed E-state index contributed by atoms with van der Waals surface area (Å²) in [6.07, 6.45) is 0.326. The van der Waals surface area contributed by atoms with Crippen molar-refractivity contribution in [1.82, 2.24) is 4.98 Å². The number of hydrogen-bond donors (Lipinski definition) is 1. The van der Waals surface area contributed by atoms with Gasteiger partial charge < -0.3 is 10.1 Å². The lowest BCUT2D eigenvalue weighted by Crippen LogP contribution is -2.14. The van der Waals surface area contributed by atoms with Crippen molar-refractivity contribution in [3.05, 3.63) is 72.8 Å². The fourth-order valence-corrected chi connectivity index (χ4v) is 5.62. The summed E-state index contributed by atoms with van der Waals surface area (Å²) in [6, 6.07) is 21.6. The molecule has 0 unspecified atom stereocenters. The molecule has 164 valence electrons. The number of rotatable bonds is 8. The third kappa shape index (κ3) is 4.98. The number of sulfone groups is 1. The number of ether oxygens (including phenoxy) is 1. The summed E-state index contributed by atoms with van der Waals surface area (Å²) < 4.78 is 31.2. The van der Waals surface area contributed by atoms with E-state index in [2.05, 4.69) is 10.3 Å². The maximum Gasteiger partial charge on any atom is 0.224 e. The number of fused-ring (bicyclic) bond motifs is 1. The highest BCUT2D eigenvalue weighted by atomic mass is 32.2. The van der Waals surface area contributed by atoms with E-state index >= 15 is 0 Å². The Bertz CT molecular complexity index is 1310. The fraction of sp³-hybridized carbons (Fsp3) is 0.167. The maximum atomic E-state index is 12.5. The lowest BCUT2D eigenvalue weighted by molar-refractivity contribution is -0.116. The van der Waals surface area contributed by atoms with Crippen molar-refractivity contribution < 1.29 is 17.9 Å². The average Bonchev–Trinajstić information content (AvgIpc) is 3.23. The molecule has 8 heteroatoms. The predicted octanol–water partition coefficient (Wildman–Crippen LogP) is 5.16. The number of thiazole rings is 1. The van der Waals surface area contributed by atoms with Gasteiger partial charge in [0.05, 0.1) is 33.7 Å². The van der Waals surface area contributed by atoms with Crippen molar-refractivity contribution in [1.29, 1.82) is 0 Å². The smallest absolute Gasteiger partial charge is 0.224 e. The van der Waals surface area contributed by atoms with E-state index in [0.717, 1.165) is 20.8 Å². The minimum atomic E-state index is -3.46. The lowest BCUT2D eigenvalue weighted by Gasteiger charge is -2.10. The van der Waals surface area contributed by atoms with Gasteiger partial charge in [-0.2, -0.15) is 0 Å². The molecule has 1 heterocycles. The number of benzene rings is 3. The van der Waals surface area contributed by atoms with Crippen LogP contribution >= 0.6 is 11.3 Å². The monoisotopic (exact) mass is 466 g/mol. The Morgan fingerprint density at radius 1 is 1.00 bits per heavy atom. The standard InChI is InChI=1S/C24H22N2O4S2/c1-30-17-12-14-18(15-13-17)32(28,29)16-6-11-23(27)25-20-8-3-2-7-19(20)24-26-21-9-4-5-10-22(21)31-24/h2-5,7-10,12-15H,6,11,16H2,1H3,(H,25,27). The van der Waals surface area contributed by atoms with Crippen LogP contribution in [0.2, 0.25) is 0 Å². The van der Waals surface area contributed by atoms with Crippen LogP contribution in [0.3, 0.4) is 0 Å². The second kappa shape index (κ2) is 9.50. The topological polar surface area (TPSA) is 85.4 Å². The molecule has 4 aromatic rings. The van der Waals surface area contributed by atoms with Crippen molar-refractivity contribution in [2.45, 2.75) is 17.7 Å². The van der Waals surface area contributed by atoms with E-state index in [9.17, 15) is 13.2 Å². The number of anilines is 1. The quantitative estimate of drug-likeness (QED) is 0.387. The summed E-state index contributed by atoms with van der Waals surface area (Å²) in [5.74, 6) is 0.255. The van der Waals surface area contributed by atoms with E-state index in [-0.39, 0.29) is 29.4 Å². The van der Waals surface area contributed by atoms with Crippen LogP contribution in [0.15, 0.2) is 77.7 Å². The molecular weight excluding hydrogens is 444 g/mol. The zero-order chi connectivity index (χ0) is 22.6. The molecule has 0 aliphatic heterocycles. The van der Waals surface area contributed by atoms with Crippen LogP contribution in [0.4, 0.5) is 5.69 Å². The van der Waals surface area contributed by atoms with Crippen LogP contribution in [-0.4, -0.2) is 32.2 Å². The van der Waals surface area contributed by atoms with Gasteiger partial charge in [-0.15, -0.1) is 11.3 Å². The van der Waals surface area contributed by atoms with Gasteiger partial charge in [0.2, 0.25) is 5.91 Å². The first-order chi connectivity index (χ1) is 15.5. The Hall–Kier alpha value is -3.23. The zero-order valence-corrected chi connectivity index (χ0v) is 19.1. The number of amides is 1. The molecule has 0 aliphatic rings. The molecule has 0 aliphatic carbocycles. The van der Waals surface area contributed by atoms with Crippen LogP contribution in [0.1, 0.15) is 12.8 Å². The zero-order valence-electron chi connectivity index (χ0n) is 17.4. The predicted molar refractivity (Wildman–Crippen MR) is 128 cm³/mol. The summed E-state index contributed by atoms with van der Waals surface area (Å²) in [6.45, 7) is 0. The highest BCUT2D eigenvalue weighted by Gasteiger charge is 2.16. The first-order valence-corrected chi connectivity index (χ1v) is 12.5. The number of carbonyl (C=O) groups excluding carboxylic acids is 1. The first-order valence-electron chi connectivity index (χ1n) is 10.1. The number of nitrogens with zero attached hydrogens (tertiary/aromatic N) is 1. The number of methoxy groups -OCH3 is 1. The molecule has 6 nitrogen and oxygen atoms in total. The van der Waals surface area contributed by atoms with Crippen molar-refractivity contribution in [3.8, 4) is 16.3 Å². The molecule has 3 aromatic carbocycles. The number of para-hydroxylation sites is 2. The molecule has 0 saturated heterocycles. The Balaban J connectivity index is 1.40. The van der Waals surface area contributed by atoms with Crippen LogP contribution in [-0.2, 0) is 14.6 Å². The molecule has 1 amide bonds. The minimum Gasteiger partial charge on any atom is -0.497 e. The second-order valence-corrected chi connectivity index (χ2v) is 10.3. The van der Waals surface area contributed by atoms with Gasteiger partial charge in [0.15, 0.2) is 9.84 Å². The molecule has 32 heavy (non-hydrogen) atoms. The SMILES string of the molecule is COc1ccc(S(=O)(=O)CCCC(=O)Nc2ccccc2-c2nc3ccccc3s2)cc1. The van der Waals surface area contributed by atoms with Crippen LogP contribution in [0.5, 0.6) is 5.75 Å². The van der Waals surface area contributed by atoms with E-state index in [4.69, 9.17) is 4.74 Å². The van der Waals surface area contributed by atoms with Gasteiger partial charge in [-0.05, 0) is 55.0 Å². The Kier molecular flexibility index (Phi) is 6.53. The number of carbonyl (C=O) groups is 1. The number of nitrogens with one attached hydrogen (secondary N) is 1. The molecule has 1 N–H and O–H groups in total. The number of hydrogen-bond acceptors (Lipinski definition) is 6.